The van der Waals surface area contributed by atoms with E-state index < -0.39 is 0 Å². The van der Waals surface area contributed by atoms with Gasteiger partial charge in [0.1, 0.15) is 5.75 Å². The summed E-state index contributed by atoms with van der Waals surface area (Å²) >= 11 is 6.24. The maximum absolute atomic E-state index is 6.24. The van der Waals surface area contributed by atoms with Crippen molar-refractivity contribution in [3.05, 3.63) is 28.3 Å². The summed E-state index contributed by atoms with van der Waals surface area (Å²) in [5.41, 5.74) is 2.29. The maximum Gasteiger partial charge on any atom is 0.123 e. The van der Waals surface area contributed by atoms with Crippen molar-refractivity contribution in [2.75, 3.05) is 46.4 Å². The molecule has 2 rings (SSSR count). The van der Waals surface area contributed by atoms with Crippen LogP contribution >= 0.6 is 24.0 Å². The molecule has 0 spiro atoms. The van der Waals surface area contributed by atoms with Crippen LogP contribution in [-0.4, -0.2) is 56.2 Å². The fourth-order valence-electron chi connectivity index (χ4n) is 2.79. The van der Waals surface area contributed by atoms with Gasteiger partial charge in [-0.15, -0.1) is 12.4 Å². The van der Waals surface area contributed by atoms with Crippen LogP contribution in [0.3, 0.4) is 0 Å². The molecule has 0 N–H and O–H groups in total. The molecular weight excluding hydrogens is 331 g/mol. The molecule has 0 unspecified atom stereocenters. The van der Waals surface area contributed by atoms with Crippen LogP contribution in [0.1, 0.15) is 37.3 Å². The lowest BCUT2D eigenvalue weighted by molar-refractivity contribution is 0.145. The average molecular weight is 361 g/mol. The van der Waals surface area contributed by atoms with Crippen LogP contribution < -0.4 is 4.74 Å². The highest BCUT2D eigenvalue weighted by Gasteiger charge is 2.14. The van der Waals surface area contributed by atoms with Gasteiger partial charge in [-0.1, -0.05) is 25.4 Å². The molecule has 1 aromatic carbocycles. The third-order valence-corrected chi connectivity index (χ3v) is 4.79. The minimum atomic E-state index is 0. The Balaban J connectivity index is 0.00000264. The van der Waals surface area contributed by atoms with Gasteiger partial charge in [-0.3, -0.25) is 0 Å². The number of aryl methyl sites for hydroxylation is 1. The molecule has 0 saturated carbocycles. The van der Waals surface area contributed by atoms with Gasteiger partial charge < -0.3 is 14.5 Å². The van der Waals surface area contributed by atoms with Crippen molar-refractivity contribution in [2.24, 2.45) is 0 Å². The van der Waals surface area contributed by atoms with E-state index >= 15 is 0 Å². The number of likely N-dealkylation sites (N-methyl/N-ethyl adjacent to an activating group) is 1. The SMILES string of the molecule is Cc1cc(OCCCN2CCN(C)CC2)c(C(C)C)cc1Cl.Cl. The molecule has 0 aliphatic carbocycles. The van der Waals surface area contributed by atoms with Gasteiger partial charge in [0.25, 0.3) is 0 Å². The van der Waals surface area contributed by atoms with E-state index in [0.717, 1.165) is 35.9 Å². The molecular formula is C18H30Cl2N2O. The lowest BCUT2D eigenvalue weighted by atomic mass is 10.0. The van der Waals surface area contributed by atoms with E-state index in [1.54, 1.807) is 0 Å². The van der Waals surface area contributed by atoms with Gasteiger partial charge in [0.15, 0.2) is 0 Å². The molecule has 3 nitrogen and oxygen atoms in total. The average Bonchev–Trinajstić information content (AvgIpc) is 2.48. The molecule has 5 heteroatoms. The lowest BCUT2D eigenvalue weighted by Gasteiger charge is -2.32. The van der Waals surface area contributed by atoms with Crippen LogP contribution in [0, 0.1) is 6.92 Å². The monoisotopic (exact) mass is 360 g/mol. The van der Waals surface area contributed by atoms with Crippen molar-refractivity contribution < 1.29 is 4.74 Å². The Morgan fingerprint density at radius 2 is 1.83 bits per heavy atom. The Morgan fingerprint density at radius 3 is 2.43 bits per heavy atom. The molecule has 0 radical (unpaired) electrons. The number of piperazine rings is 1. The quantitative estimate of drug-likeness (QED) is 0.706. The van der Waals surface area contributed by atoms with Crippen molar-refractivity contribution in [3.63, 3.8) is 0 Å². The zero-order chi connectivity index (χ0) is 16.1. The van der Waals surface area contributed by atoms with Crippen LogP contribution in [0.5, 0.6) is 5.75 Å². The summed E-state index contributed by atoms with van der Waals surface area (Å²) in [6.07, 6.45) is 1.07. The summed E-state index contributed by atoms with van der Waals surface area (Å²) < 4.78 is 6.05. The molecule has 1 heterocycles. The molecule has 0 aromatic heterocycles. The molecule has 1 aliphatic heterocycles. The molecule has 1 saturated heterocycles. The molecule has 132 valence electrons. The van der Waals surface area contributed by atoms with E-state index in [1.165, 1.54) is 31.7 Å². The van der Waals surface area contributed by atoms with Gasteiger partial charge in [-0.25, -0.2) is 0 Å². The first kappa shape index (κ1) is 20.6. The molecule has 0 bridgehead atoms. The van der Waals surface area contributed by atoms with Gasteiger partial charge in [-0.2, -0.15) is 0 Å². The summed E-state index contributed by atoms with van der Waals surface area (Å²) in [5, 5.41) is 0.827. The summed E-state index contributed by atoms with van der Waals surface area (Å²) in [5.74, 6) is 1.42. The Bertz CT molecular complexity index is 486. The van der Waals surface area contributed by atoms with Gasteiger partial charge in [-0.05, 0) is 49.6 Å². The van der Waals surface area contributed by atoms with E-state index in [4.69, 9.17) is 16.3 Å². The minimum Gasteiger partial charge on any atom is -0.493 e. The minimum absolute atomic E-state index is 0. The number of hydrogen-bond acceptors (Lipinski definition) is 3. The van der Waals surface area contributed by atoms with E-state index in [1.807, 2.05) is 6.92 Å². The van der Waals surface area contributed by atoms with Crippen LogP contribution in [0.2, 0.25) is 5.02 Å². The van der Waals surface area contributed by atoms with E-state index in [-0.39, 0.29) is 12.4 Å². The van der Waals surface area contributed by atoms with E-state index in [9.17, 15) is 0 Å². The Kier molecular flexibility index (Phi) is 8.70. The maximum atomic E-state index is 6.24. The fourth-order valence-corrected chi connectivity index (χ4v) is 2.96. The first-order valence-electron chi connectivity index (χ1n) is 8.31. The van der Waals surface area contributed by atoms with Crippen molar-refractivity contribution in [2.45, 2.75) is 33.1 Å². The standard InChI is InChI=1S/C18H29ClN2O.ClH/c1-14(2)16-13-17(19)15(3)12-18(16)22-11-5-6-21-9-7-20(4)8-10-21;/h12-14H,5-11H2,1-4H3;1H. The number of benzene rings is 1. The van der Waals surface area contributed by atoms with Crippen molar-refractivity contribution >= 4 is 24.0 Å². The molecule has 1 fully saturated rings. The number of halogens is 2. The smallest absolute Gasteiger partial charge is 0.123 e. The number of rotatable bonds is 6. The Hall–Kier alpha value is -0.480. The summed E-state index contributed by atoms with van der Waals surface area (Å²) in [4.78, 5) is 4.91. The Morgan fingerprint density at radius 1 is 1.17 bits per heavy atom. The van der Waals surface area contributed by atoms with Crippen molar-refractivity contribution in [1.29, 1.82) is 0 Å². The van der Waals surface area contributed by atoms with Gasteiger partial charge >= 0.3 is 0 Å². The molecule has 1 aliphatic rings. The predicted octanol–water partition coefficient (Wildman–Crippen LogP) is 4.21. The second kappa shape index (κ2) is 9.73. The topological polar surface area (TPSA) is 15.7 Å². The second-order valence-electron chi connectivity index (χ2n) is 6.64. The highest BCUT2D eigenvalue weighted by Crippen LogP contribution is 2.32. The summed E-state index contributed by atoms with van der Waals surface area (Å²) in [6.45, 7) is 13.0. The van der Waals surface area contributed by atoms with Crippen molar-refractivity contribution in [1.82, 2.24) is 9.80 Å². The molecule has 0 atom stereocenters. The molecule has 23 heavy (non-hydrogen) atoms. The van der Waals surface area contributed by atoms with Gasteiger partial charge in [0.05, 0.1) is 6.61 Å². The largest absolute Gasteiger partial charge is 0.493 e. The van der Waals surface area contributed by atoms with Crippen LogP contribution in [-0.2, 0) is 0 Å². The van der Waals surface area contributed by atoms with Crippen LogP contribution in [0.15, 0.2) is 12.1 Å². The zero-order valence-corrected chi connectivity index (χ0v) is 16.3. The molecule has 1 aromatic rings. The number of nitrogens with zero attached hydrogens (tertiary/aromatic N) is 2. The Labute approximate surface area is 152 Å². The fraction of sp³-hybridized carbons (Fsp3) is 0.667. The third-order valence-electron chi connectivity index (χ3n) is 4.39. The summed E-state index contributed by atoms with van der Waals surface area (Å²) in [6, 6.07) is 4.13. The van der Waals surface area contributed by atoms with Crippen molar-refractivity contribution in [3.8, 4) is 5.75 Å². The van der Waals surface area contributed by atoms with E-state index in [2.05, 4.69) is 42.8 Å². The predicted molar refractivity (Wildman–Crippen MR) is 102 cm³/mol. The van der Waals surface area contributed by atoms with Crippen LogP contribution in [0.25, 0.3) is 0 Å². The highest BCUT2D eigenvalue weighted by atomic mass is 35.5. The van der Waals surface area contributed by atoms with Crippen LogP contribution in [0.4, 0.5) is 0 Å². The first-order valence-corrected chi connectivity index (χ1v) is 8.69. The van der Waals surface area contributed by atoms with E-state index in [0.29, 0.717) is 5.92 Å². The second-order valence-corrected chi connectivity index (χ2v) is 7.05. The molecule has 0 amide bonds. The van der Waals surface area contributed by atoms with Gasteiger partial charge in [0.2, 0.25) is 0 Å². The lowest BCUT2D eigenvalue weighted by Crippen LogP contribution is -2.44. The first-order chi connectivity index (χ1) is 10.5. The number of hydrogen-bond donors (Lipinski definition) is 0. The zero-order valence-electron chi connectivity index (χ0n) is 14.8. The third kappa shape index (κ3) is 6.15. The summed E-state index contributed by atoms with van der Waals surface area (Å²) in [7, 11) is 2.19. The normalized spacial score (nSPS) is 16.4. The van der Waals surface area contributed by atoms with Gasteiger partial charge in [0, 0.05) is 37.7 Å². The number of ether oxygens (including phenoxy) is 1. The highest BCUT2D eigenvalue weighted by molar-refractivity contribution is 6.31.